The summed E-state index contributed by atoms with van der Waals surface area (Å²) in [6.07, 6.45) is 0.340. The Bertz CT molecular complexity index is 984. The fourth-order valence-electron chi connectivity index (χ4n) is 2.81. The quantitative estimate of drug-likeness (QED) is 0.730. The van der Waals surface area contributed by atoms with Crippen LogP contribution < -0.4 is 5.69 Å². The van der Waals surface area contributed by atoms with E-state index in [-0.39, 0.29) is 17.4 Å². The molecule has 1 heterocycles. The molecule has 0 aliphatic heterocycles. The molecule has 0 saturated heterocycles. The Kier molecular flexibility index (Phi) is 4.44. The molecule has 1 aromatic heterocycles. The number of rotatable bonds is 4. The molecule has 0 aliphatic rings. The van der Waals surface area contributed by atoms with Gasteiger partial charge in [-0.05, 0) is 29.3 Å². The van der Waals surface area contributed by atoms with Crippen molar-refractivity contribution in [1.82, 2.24) is 14.0 Å². The summed E-state index contributed by atoms with van der Waals surface area (Å²) >= 11 is 0. The van der Waals surface area contributed by atoms with Gasteiger partial charge in [-0.15, -0.1) is 0 Å². The van der Waals surface area contributed by atoms with E-state index in [0.717, 1.165) is 11.1 Å². The number of fused-ring (bicyclic) bond motifs is 1. The molecule has 6 heteroatoms. The van der Waals surface area contributed by atoms with Crippen LogP contribution in [-0.4, -0.2) is 34.0 Å². The lowest BCUT2D eigenvalue weighted by Gasteiger charge is -2.10. The zero-order valence-electron chi connectivity index (χ0n) is 14.5. The topological polar surface area (TPSA) is 47.2 Å². The van der Waals surface area contributed by atoms with E-state index in [1.54, 1.807) is 36.7 Å². The third kappa shape index (κ3) is 3.33. The average Bonchev–Trinajstić information content (AvgIpc) is 2.81. The van der Waals surface area contributed by atoms with Gasteiger partial charge in [-0.25, -0.2) is 9.18 Å². The van der Waals surface area contributed by atoms with Gasteiger partial charge >= 0.3 is 5.69 Å². The van der Waals surface area contributed by atoms with Crippen LogP contribution in [0.1, 0.15) is 11.1 Å². The maximum absolute atomic E-state index is 13.6. The highest BCUT2D eigenvalue weighted by molar-refractivity contribution is 5.78. The summed E-state index contributed by atoms with van der Waals surface area (Å²) in [6, 6.07) is 11.9. The minimum Gasteiger partial charge on any atom is -0.349 e. The number of hydrogen-bond acceptors (Lipinski definition) is 2. The van der Waals surface area contributed by atoms with Crippen LogP contribution in [-0.2, 0) is 24.8 Å². The maximum Gasteiger partial charge on any atom is 0.329 e. The molecule has 0 saturated carbocycles. The minimum atomic E-state index is -0.371. The Morgan fingerprint density at radius 1 is 1.04 bits per heavy atom. The fraction of sp³-hybridized carbons (Fsp3) is 0.263. The van der Waals surface area contributed by atoms with Gasteiger partial charge in [0.25, 0.3) is 0 Å². The molecule has 130 valence electrons. The summed E-state index contributed by atoms with van der Waals surface area (Å²) in [5, 5.41) is 0. The molecule has 1 amide bonds. The molecule has 25 heavy (non-hydrogen) atoms. The van der Waals surface area contributed by atoms with Crippen molar-refractivity contribution >= 4 is 16.9 Å². The first-order valence-corrected chi connectivity index (χ1v) is 7.99. The SMILES string of the molecule is CN(C)C(=O)Cc1ccc(Cn2c(=O)n(C)c3ccc(F)cc32)cc1. The monoisotopic (exact) mass is 341 g/mol. The van der Waals surface area contributed by atoms with E-state index in [0.29, 0.717) is 24.0 Å². The predicted octanol–water partition coefficient (Wildman–Crippen LogP) is 2.16. The molecule has 0 spiro atoms. The highest BCUT2D eigenvalue weighted by atomic mass is 19.1. The van der Waals surface area contributed by atoms with Gasteiger partial charge in [-0.3, -0.25) is 13.9 Å². The second kappa shape index (κ2) is 6.55. The number of nitrogens with zero attached hydrogens (tertiary/aromatic N) is 3. The number of amides is 1. The van der Waals surface area contributed by atoms with E-state index in [1.165, 1.54) is 16.7 Å². The standard InChI is InChI=1S/C19H20FN3O2/c1-21(2)18(24)10-13-4-6-14(7-5-13)12-23-17-11-15(20)8-9-16(17)22(3)19(23)25/h4-9,11H,10,12H2,1-3H3. The van der Waals surface area contributed by atoms with E-state index >= 15 is 0 Å². The van der Waals surface area contributed by atoms with Crippen molar-refractivity contribution in [2.45, 2.75) is 13.0 Å². The van der Waals surface area contributed by atoms with Gasteiger partial charge in [0.15, 0.2) is 0 Å². The Hall–Kier alpha value is -2.89. The highest BCUT2D eigenvalue weighted by Crippen LogP contribution is 2.16. The number of carbonyl (C=O) groups is 1. The largest absolute Gasteiger partial charge is 0.349 e. The van der Waals surface area contributed by atoms with Crippen molar-refractivity contribution in [2.75, 3.05) is 14.1 Å². The van der Waals surface area contributed by atoms with Crippen LogP contribution in [0.5, 0.6) is 0 Å². The van der Waals surface area contributed by atoms with Crippen LogP contribution in [0.25, 0.3) is 11.0 Å². The average molecular weight is 341 g/mol. The molecular weight excluding hydrogens is 321 g/mol. The zero-order chi connectivity index (χ0) is 18.1. The van der Waals surface area contributed by atoms with Gasteiger partial charge in [0.2, 0.25) is 5.91 Å². The molecule has 0 aliphatic carbocycles. The van der Waals surface area contributed by atoms with Crippen LogP contribution in [0, 0.1) is 5.82 Å². The van der Waals surface area contributed by atoms with E-state index in [1.807, 2.05) is 24.3 Å². The number of benzene rings is 2. The zero-order valence-corrected chi connectivity index (χ0v) is 14.5. The third-order valence-corrected chi connectivity index (χ3v) is 4.33. The number of aryl methyl sites for hydroxylation is 1. The van der Waals surface area contributed by atoms with Crippen LogP contribution in [0.15, 0.2) is 47.3 Å². The Balaban J connectivity index is 1.89. The summed E-state index contributed by atoms with van der Waals surface area (Å²) in [4.78, 5) is 25.8. The molecule has 0 radical (unpaired) electrons. The van der Waals surface area contributed by atoms with Crippen molar-refractivity contribution < 1.29 is 9.18 Å². The number of imidazole rings is 1. The Labute approximate surface area is 144 Å². The molecule has 2 aromatic carbocycles. The predicted molar refractivity (Wildman–Crippen MR) is 95.1 cm³/mol. The maximum atomic E-state index is 13.6. The normalized spacial score (nSPS) is 11.0. The van der Waals surface area contributed by atoms with Crippen molar-refractivity contribution in [1.29, 1.82) is 0 Å². The van der Waals surface area contributed by atoms with Gasteiger partial charge in [-0.1, -0.05) is 24.3 Å². The van der Waals surface area contributed by atoms with Crippen LogP contribution in [0.4, 0.5) is 4.39 Å². The minimum absolute atomic E-state index is 0.0356. The first-order chi connectivity index (χ1) is 11.9. The molecule has 0 fully saturated rings. The molecule has 0 bridgehead atoms. The molecule has 0 unspecified atom stereocenters. The number of hydrogen-bond donors (Lipinski definition) is 0. The third-order valence-electron chi connectivity index (χ3n) is 4.33. The number of aromatic nitrogens is 2. The van der Waals surface area contributed by atoms with Gasteiger partial charge < -0.3 is 4.90 Å². The van der Waals surface area contributed by atoms with E-state index in [9.17, 15) is 14.0 Å². The lowest BCUT2D eigenvalue weighted by atomic mass is 10.1. The number of halogens is 1. The van der Waals surface area contributed by atoms with Gasteiger partial charge in [0.05, 0.1) is 24.0 Å². The second-order valence-electron chi connectivity index (χ2n) is 6.34. The molecule has 0 N–H and O–H groups in total. The Morgan fingerprint density at radius 2 is 1.68 bits per heavy atom. The van der Waals surface area contributed by atoms with Crippen molar-refractivity contribution in [3.05, 3.63) is 69.9 Å². The van der Waals surface area contributed by atoms with E-state index in [2.05, 4.69) is 0 Å². The van der Waals surface area contributed by atoms with Crippen molar-refractivity contribution in [2.24, 2.45) is 7.05 Å². The molecule has 0 atom stereocenters. The second-order valence-corrected chi connectivity index (χ2v) is 6.34. The molecule has 3 aromatic rings. The van der Waals surface area contributed by atoms with Crippen LogP contribution >= 0.6 is 0 Å². The smallest absolute Gasteiger partial charge is 0.329 e. The van der Waals surface area contributed by atoms with Crippen molar-refractivity contribution in [3.8, 4) is 0 Å². The summed E-state index contributed by atoms with van der Waals surface area (Å²) in [5.74, 6) is -0.335. The van der Waals surface area contributed by atoms with Gasteiger partial charge in [0.1, 0.15) is 5.82 Å². The van der Waals surface area contributed by atoms with E-state index < -0.39 is 0 Å². The fourth-order valence-corrected chi connectivity index (χ4v) is 2.81. The summed E-state index contributed by atoms with van der Waals surface area (Å²) in [5.41, 5.74) is 2.91. The number of carbonyl (C=O) groups excluding carboxylic acids is 1. The molecule has 5 nitrogen and oxygen atoms in total. The van der Waals surface area contributed by atoms with E-state index in [4.69, 9.17) is 0 Å². The van der Waals surface area contributed by atoms with Crippen molar-refractivity contribution in [3.63, 3.8) is 0 Å². The molecule has 3 rings (SSSR count). The Morgan fingerprint density at radius 3 is 2.32 bits per heavy atom. The lowest BCUT2D eigenvalue weighted by molar-refractivity contribution is -0.127. The number of likely N-dealkylation sites (N-methyl/N-ethyl adjacent to an activating group) is 1. The van der Waals surface area contributed by atoms with Crippen LogP contribution in [0.3, 0.4) is 0 Å². The van der Waals surface area contributed by atoms with Crippen LogP contribution in [0.2, 0.25) is 0 Å². The van der Waals surface area contributed by atoms with Gasteiger partial charge in [-0.2, -0.15) is 0 Å². The summed E-state index contributed by atoms with van der Waals surface area (Å²) in [7, 11) is 5.13. The van der Waals surface area contributed by atoms with Gasteiger partial charge in [0, 0.05) is 21.1 Å². The summed E-state index contributed by atoms with van der Waals surface area (Å²) < 4.78 is 16.6. The lowest BCUT2D eigenvalue weighted by Crippen LogP contribution is -2.23. The highest BCUT2D eigenvalue weighted by Gasteiger charge is 2.12. The summed E-state index contributed by atoms with van der Waals surface area (Å²) in [6.45, 7) is 0.349. The molecular formula is C19H20FN3O2. The first-order valence-electron chi connectivity index (χ1n) is 7.99. The first kappa shape index (κ1) is 17.0.